The smallest absolute Gasteiger partial charge is 0.320 e. The number of aliphatic carboxylic acids is 1. The summed E-state index contributed by atoms with van der Waals surface area (Å²) in [5.74, 6) is -2.03. The maximum Gasteiger partial charge on any atom is 0.320 e. The number of piperidine rings is 1. The third-order valence-corrected chi connectivity index (χ3v) is 4.41. The molecule has 7 nitrogen and oxygen atoms in total. The molecular formula is C13H21N3O4. The Morgan fingerprint density at radius 1 is 1.20 bits per heavy atom. The van der Waals surface area contributed by atoms with E-state index in [9.17, 15) is 14.4 Å². The van der Waals surface area contributed by atoms with E-state index in [0.717, 1.165) is 6.42 Å². The predicted octanol–water partition coefficient (Wildman–Crippen LogP) is 0.0987. The lowest BCUT2D eigenvalue weighted by atomic mass is 9.98. The fourth-order valence-corrected chi connectivity index (χ4v) is 3.10. The molecule has 2 fully saturated rings. The number of carboxylic acids is 1. The highest BCUT2D eigenvalue weighted by atomic mass is 16.4. The number of carbonyl (C=O) groups is 3. The van der Waals surface area contributed by atoms with Gasteiger partial charge in [-0.1, -0.05) is 0 Å². The first-order valence-electron chi connectivity index (χ1n) is 6.99. The molecule has 3 N–H and O–H groups in total. The Morgan fingerprint density at radius 3 is 2.45 bits per heavy atom. The molecule has 0 radical (unpaired) electrons. The van der Waals surface area contributed by atoms with Gasteiger partial charge in [0.15, 0.2) is 0 Å². The summed E-state index contributed by atoms with van der Waals surface area (Å²) in [5, 5.41) is 9.10. The summed E-state index contributed by atoms with van der Waals surface area (Å²) in [4.78, 5) is 38.0. The number of nitrogens with zero attached hydrogens (tertiary/aromatic N) is 2. The van der Waals surface area contributed by atoms with Crippen LogP contribution in [0.25, 0.3) is 0 Å². The maximum absolute atomic E-state index is 12.5. The zero-order valence-electron chi connectivity index (χ0n) is 11.6. The molecule has 2 saturated heterocycles. The van der Waals surface area contributed by atoms with Crippen LogP contribution in [0.2, 0.25) is 0 Å². The Labute approximate surface area is 117 Å². The van der Waals surface area contributed by atoms with Crippen molar-refractivity contribution < 1.29 is 19.5 Å². The van der Waals surface area contributed by atoms with Gasteiger partial charge in [-0.05, 0) is 26.2 Å². The molecule has 2 rings (SSSR count). The van der Waals surface area contributed by atoms with Gasteiger partial charge >= 0.3 is 12.0 Å². The second-order valence-electron chi connectivity index (χ2n) is 5.64. The van der Waals surface area contributed by atoms with Gasteiger partial charge in [-0.25, -0.2) is 4.79 Å². The van der Waals surface area contributed by atoms with Gasteiger partial charge in [0.25, 0.3) is 0 Å². The lowest BCUT2D eigenvalue weighted by molar-refractivity contribution is -0.142. The van der Waals surface area contributed by atoms with Crippen molar-refractivity contribution in [1.82, 2.24) is 9.80 Å². The molecule has 0 spiro atoms. The highest BCUT2D eigenvalue weighted by Gasteiger charge is 2.40. The number of carboxylic acid groups (broad SMARTS) is 1. The third-order valence-electron chi connectivity index (χ3n) is 4.41. The molecule has 0 bridgehead atoms. The van der Waals surface area contributed by atoms with Crippen LogP contribution in [-0.4, -0.2) is 58.5 Å². The van der Waals surface area contributed by atoms with E-state index in [0.29, 0.717) is 32.5 Å². The van der Waals surface area contributed by atoms with Crippen LogP contribution in [0.1, 0.15) is 26.2 Å². The van der Waals surface area contributed by atoms with Crippen LogP contribution in [0.5, 0.6) is 0 Å². The first kappa shape index (κ1) is 14.6. The van der Waals surface area contributed by atoms with E-state index < -0.39 is 11.9 Å². The Kier molecular flexibility index (Phi) is 4.15. The fourth-order valence-electron chi connectivity index (χ4n) is 3.10. The average Bonchev–Trinajstić information content (AvgIpc) is 2.80. The maximum atomic E-state index is 12.5. The topological polar surface area (TPSA) is 104 Å². The lowest BCUT2D eigenvalue weighted by Crippen LogP contribution is -2.51. The minimum Gasteiger partial charge on any atom is -0.481 e. The Morgan fingerprint density at radius 2 is 1.90 bits per heavy atom. The summed E-state index contributed by atoms with van der Waals surface area (Å²) >= 11 is 0. The van der Waals surface area contributed by atoms with Crippen molar-refractivity contribution in [2.75, 3.05) is 19.6 Å². The summed E-state index contributed by atoms with van der Waals surface area (Å²) in [6, 6.07) is -0.485. The first-order chi connectivity index (χ1) is 9.41. The van der Waals surface area contributed by atoms with Crippen molar-refractivity contribution in [2.45, 2.75) is 32.2 Å². The summed E-state index contributed by atoms with van der Waals surface area (Å²) in [6.45, 7) is 3.16. The zero-order valence-corrected chi connectivity index (χ0v) is 11.6. The quantitative estimate of drug-likeness (QED) is 0.750. The normalized spacial score (nSPS) is 30.4. The standard InChI is InChI=1S/C13H21N3O4/c1-8-10(12(18)19)4-6-16(8)13(20)15-5-2-3-9(7-15)11(14)17/h8-10H,2-7H2,1H3,(H2,14,17)(H,18,19). The molecule has 3 unspecified atom stereocenters. The van der Waals surface area contributed by atoms with E-state index in [2.05, 4.69) is 0 Å². The number of hydrogen-bond donors (Lipinski definition) is 2. The van der Waals surface area contributed by atoms with E-state index in [1.54, 1.807) is 16.7 Å². The van der Waals surface area contributed by atoms with E-state index >= 15 is 0 Å². The minimum absolute atomic E-state index is 0.174. The van der Waals surface area contributed by atoms with Crippen molar-refractivity contribution in [1.29, 1.82) is 0 Å². The average molecular weight is 283 g/mol. The summed E-state index contributed by atoms with van der Waals surface area (Å²) in [7, 11) is 0. The monoisotopic (exact) mass is 283 g/mol. The van der Waals surface area contributed by atoms with E-state index in [1.807, 2.05) is 0 Å². The molecular weight excluding hydrogens is 262 g/mol. The second-order valence-corrected chi connectivity index (χ2v) is 5.64. The number of amides is 3. The molecule has 0 aromatic rings. The van der Waals surface area contributed by atoms with Gasteiger partial charge in [0.1, 0.15) is 0 Å². The molecule has 3 atom stereocenters. The number of nitrogens with two attached hydrogens (primary N) is 1. The van der Waals surface area contributed by atoms with Gasteiger partial charge in [0.05, 0.1) is 11.8 Å². The second kappa shape index (κ2) is 5.68. The highest BCUT2D eigenvalue weighted by Crippen LogP contribution is 2.27. The lowest BCUT2D eigenvalue weighted by Gasteiger charge is -2.35. The van der Waals surface area contributed by atoms with E-state index in [1.165, 1.54) is 0 Å². The summed E-state index contributed by atoms with van der Waals surface area (Å²) in [6.07, 6.45) is 1.95. The number of hydrogen-bond acceptors (Lipinski definition) is 3. The van der Waals surface area contributed by atoms with Gasteiger partial charge in [-0.3, -0.25) is 9.59 Å². The molecule has 3 amide bonds. The Hall–Kier alpha value is -1.79. The fraction of sp³-hybridized carbons (Fsp3) is 0.769. The first-order valence-corrected chi connectivity index (χ1v) is 6.99. The van der Waals surface area contributed by atoms with Gasteiger partial charge in [0, 0.05) is 25.7 Å². The van der Waals surface area contributed by atoms with Crippen molar-refractivity contribution in [3.05, 3.63) is 0 Å². The van der Waals surface area contributed by atoms with Crippen LogP contribution in [0, 0.1) is 11.8 Å². The number of urea groups is 1. The van der Waals surface area contributed by atoms with E-state index in [4.69, 9.17) is 10.8 Å². The van der Waals surface area contributed by atoms with Gasteiger partial charge in [-0.2, -0.15) is 0 Å². The molecule has 112 valence electrons. The number of carbonyl (C=O) groups excluding carboxylic acids is 2. The van der Waals surface area contributed by atoms with Crippen molar-refractivity contribution in [2.24, 2.45) is 17.6 Å². The summed E-state index contributed by atoms with van der Waals surface area (Å²) < 4.78 is 0. The molecule has 0 saturated carbocycles. The molecule has 7 heteroatoms. The predicted molar refractivity (Wildman–Crippen MR) is 70.8 cm³/mol. The highest BCUT2D eigenvalue weighted by molar-refractivity contribution is 5.80. The molecule has 2 aliphatic heterocycles. The van der Waals surface area contributed by atoms with Crippen LogP contribution < -0.4 is 5.73 Å². The van der Waals surface area contributed by atoms with Crippen molar-refractivity contribution >= 4 is 17.9 Å². The number of primary amides is 1. The molecule has 0 aromatic heterocycles. The van der Waals surface area contributed by atoms with Crippen LogP contribution in [0.3, 0.4) is 0 Å². The van der Waals surface area contributed by atoms with Crippen LogP contribution >= 0.6 is 0 Å². The van der Waals surface area contributed by atoms with Crippen molar-refractivity contribution in [3.8, 4) is 0 Å². The van der Waals surface area contributed by atoms with Crippen LogP contribution in [-0.2, 0) is 9.59 Å². The van der Waals surface area contributed by atoms with E-state index in [-0.39, 0.29) is 23.9 Å². The SMILES string of the molecule is CC1C(C(=O)O)CCN1C(=O)N1CCCC(C(N)=O)C1. The third kappa shape index (κ3) is 2.71. The zero-order chi connectivity index (χ0) is 14.9. The van der Waals surface area contributed by atoms with Gasteiger partial charge in [-0.15, -0.1) is 0 Å². The number of rotatable bonds is 2. The molecule has 2 heterocycles. The van der Waals surface area contributed by atoms with Gasteiger partial charge in [0.2, 0.25) is 5.91 Å². The molecule has 20 heavy (non-hydrogen) atoms. The molecule has 0 aromatic carbocycles. The Balaban J connectivity index is 2.01. The Bertz CT molecular complexity index is 426. The van der Waals surface area contributed by atoms with Crippen LogP contribution in [0.4, 0.5) is 4.79 Å². The van der Waals surface area contributed by atoms with Gasteiger partial charge < -0.3 is 20.6 Å². The van der Waals surface area contributed by atoms with Crippen LogP contribution in [0.15, 0.2) is 0 Å². The minimum atomic E-state index is -0.860. The van der Waals surface area contributed by atoms with Crippen molar-refractivity contribution in [3.63, 3.8) is 0 Å². The largest absolute Gasteiger partial charge is 0.481 e. The number of likely N-dealkylation sites (tertiary alicyclic amines) is 2. The molecule has 0 aliphatic carbocycles. The molecule has 2 aliphatic rings. The summed E-state index contributed by atoms with van der Waals surface area (Å²) in [5.41, 5.74) is 5.30.